The molecular formula is C24H43IN4O2. The maximum absolute atomic E-state index is 6.17. The minimum Gasteiger partial charge on any atom is -0.377 e. The van der Waals surface area contributed by atoms with Crippen LogP contribution in [0.1, 0.15) is 50.3 Å². The molecule has 2 rings (SSSR count). The van der Waals surface area contributed by atoms with Crippen molar-refractivity contribution >= 4 is 29.9 Å². The van der Waals surface area contributed by atoms with Gasteiger partial charge < -0.3 is 25.0 Å². The highest BCUT2D eigenvalue weighted by molar-refractivity contribution is 14.0. The molecule has 0 aromatic heterocycles. The summed E-state index contributed by atoms with van der Waals surface area (Å²) in [4.78, 5) is 7.00. The van der Waals surface area contributed by atoms with Gasteiger partial charge >= 0.3 is 0 Å². The van der Waals surface area contributed by atoms with Crippen molar-refractivity contribution in [1.82, 2.24) is 15.5 Å². The number of aryl methyl sites for hydroxylation is 1. The minimum atomic E-state index is 0. The third-order valence-corrected chi connectivity index (χ3v) is 5.48. The van der Waals surface area contributed by atoms with E-state index in [0.29, 0.717) is 12.5 Å². The van der Waals surface area contributed by atoms with Crippen LogP contribution in [0.3, 0.4) is 0 Å². The molecule has 1 aromatic carbocycles. The second-order valence-corrected chi connectivity index (χ2v) is 8.37. The second-order valence-electron chi connectivity index (χ2n) is 8.37. The number of aliphatic imine (C=N–C) groups is 1. The van der Waals surface area contributed by atoms with Crippen LogP contribution in [0.25, 0.3) is 0 Å². The number of nitrogens with zero attached hydrogens (tertiary/aromatic N) is 2. The Bertz CT molecular complexity index is 625. The molecule has 3 atom stereocenters. The van der Waals surface area contributed by atoms with E-state index < -0.39 is 0 Å². The van der Waals surface area contributed by atoms with Crippen LogP contribution in [-0.4, -0.2) is 70.5 Å². The first-order chi connectivity index (χ1) is 14.5. The van der Waals surface area contributed by atoms with Crippen LogP contribution in [0, 0.1) is 12.8 Å². The molecule has 1 fully saturated rings. The zero-order chi connectivity index (χ0) is 21.8. The molecule has 3 unspecified atom stereocenters. The lowest BCUT2D eigenvalue weighted by molar-refractivity contribution is -0.0265. The van der Waals surface area contributed by atoms with Crippen LogP contribution < -0.4 is 10.6 Å². The van der Waals surface area contributed by atoms with Gasteiger partial charge in [0.05, 0.1) is 18.8 Å². The van der Waals surface area contributed by atoms with Gasteiger partial charge in [-0.2, -0.15) is 0 Å². The first kappa shape index (κ1) is 28.1. The molecule has 1 heterocycles. The van der Waals surface area contributed by atoms with Crippen molar-refractivity contribution in [1.29, 1.82) is 0 Å². The summed E-state index contributed by atoms with van der Waals surface area (Å²) >= 11 is 0. The number of guanidine groups is 1. The number of ether oxygens (including phenoxy) is 2. The van der Waals surface area contributed by atoms with E-state index in [9.17, 15) is 0 Å². The Morgan fingerprint density at radius 2 is 1.97 bits per heavy atom. The van der Waals surface area contributed by atoms with Gasteiger partial charge in [0.25, 0.3) is 0 Å². The Balaban J connectivity index is 0.00000480. The van der Waals surface area contributed by atoms with Crippen molar-refractivity contribution in [2.45, 2.75) is 52.2 Å². The summed E-state index contributed by atoms with van der Waals surface area (Å²) in [5.74, 6) is 1.29. The number of nitrogens with one attached hydrogen (secondary N) is 2. The SMILES string of the molecule is CCNC(=NCC(CCN(C)C)OCC)NCC1CCCOC1c1ccc(C)cc1.I. The van der Waals surface area contributed by atoms with Crippen LogP contribution >= 0.6 is 24.0 Å². The molecule has 2 N–H and O–H groups in total. The lowest BCUT2D eigenvalue weighted by atomic mass is 9.89. The first-order valence-electron chi connectivity index (χ1n) is 11.5. The standard InChI is InChI=1S/C24H42N4O2.HI/c1-6-25-24(27-18-22(29-7-2)14-15-28(4)5)26-17-21-9-8-16-30-23(21)20-12-10-19(3)11-13-20;/h10-13,21-23H,6-9,14-18H2,1-5H3,(H2,25,26,27);1H. The molecule has 0 radical (unpaired) electrons. The fourth-order valence-electron chi connectivity index (χ4n) is 3.80. The number of hydrogen-bond acceptors (Lipinski definition) is 4. The first-order valence-corrected chi connectivity index (χ1v) is 11.5. The van der Waals surface area contributed by atoms with Crippen LogP contribution in [0.4, 0.5) is 0 Å². The van der Waals surface area contributed by atoms with E-state index >= 15 is 0 Å². The normalized spacial score (nSPS) is 20.3. The zero-order valence-electron chi connectivity index (χ0n) is 20.0. The third kappa shape index (κ3) is 10.5. The molecule has 0 amide bonds. The molecule has 1 aromatic rings. The van der Waals surface area contributed by atoms with Crippen molar-refractivity contribution < 1.29 is 9.47 Å². The quantitative estimate of drug-likeness (QED) is 0.250. The fraction of sp³-hybridized carbons (Fsp3) is 0.708. The smallest absolute Gasteiger partial charge is 0.191 e. The number of rotatable bonds is 11. The van der Waals surface area contributed by atoms with Crippen molar-refractivity contribution in [2.24, 2.45) is 10.9 Å². The van der Waals surface area contributed by atoms with Gasteiger partial charge in [-0.3, -0.25) is 4.99 Å². The van der Waals surface area contributed by atoms with Crippen LogP contribution in [0.2, 0.25) is 0 Å². The van der Waals surface area contributed by atoms with E-state index in [0.717, 1.165) is 58.1 Å². The molecule has 7 heteroatoms. The largest absolute Gasteiger partial charge is 0.377 e. The highest BCUT2D eigenvalue weighted by Crippen LogP contribution is 2.33. The van der Waals surface area contributed by atoms with E-state index in [-0.39, 0.29) is 36.2 Å². The number of halogens is 1. The summed E-state index contributed by atoms with van der Waals surface area (Å²) in [6.45, 7) is 11.2. The lowest BCUT2D eigenvalue weighted by Crippen LogP contribution is -2.42. The average molecular weight is 547 g/mol. The predicted octanol–water partition coefficient (Wildman–Crippen LogP) is 3.99. The maximum atomic E-state index is 6.17. The Morgan fingerprint density at radius 1 is 1.23 bits per heavy atom. The summed E-state index contributed by atoms with van der Waals surface area (Å²) in [5, 5.41) is 6.94. The van der Waals surface area contributed by atoms with Crippen molar-refractivity contribution in [3.8, 4) is 0 Å². The summed E-state index contributed by atoms with van der Waals surface area (Å²) in [5.41, 5.74) is 2.55. The zero-order valence-corrected chi connectivity index (χ0v) is 22.4. The van der Waals surface area contributed by atoms with Gasteiger partial charge in [0, 0.05) is 38.8 Å². The minimum absolute atomic E-state index is 0. The van der Waals surface area contributed by atoms with Crippen molar-refractivity contribution in [3.05, 3.63) is 35.4 Å². The summed E-state index contributed by atoms with van der Waals surface area (Å²) < 4.78 is 12.1. The molecule has 31 heavy (non-hydrogen) atoms. The molecule has 1 aliphatic rings. The Kier molecular flexibility index (Phi) is 14.4. The van der Waals surface area contributed by atoms with Gasteiger partial charge in [0.2, 0.25) is 0 Å². The summed E-state index contributed by atoms with van der Waals surface area (Å²) in [6.07, 6.45) is 3.54. The van der Waals surface area contributed by atoms with Gasteiger partial charge in [-0.15, -0.1) is 24.0 Å². The maximum Gasteiger partial charge on any atom is 0.191 e. The summed E-state index contributed by atoms with van der Waals surface area (Å²) in [7, 11) is 4.18. The second kappa shape index (κ2) is 15.8. The summed E-state index contributed by atoms with van der Waals surface area (Å²) in [6, 6.07) is 8.75. The van der Waals surface area contributed by atoms with E-state index in [1.807, 2.05) is 6.92 Å². The van der Waals surface area contributed by atoms with Crippen LogP contribution in [0.5, 0.6) is 0 Å². The molecular weight excluding hydrogens is 503 g/mol. The van der Waals surface area contributed by atoms with Crippen LogP contribution in [0.15, 0.2) is 29.3 Å². The van der Waals surface area contributed by atoms with Crippen molar-refractivity contribution in [3.63, 3.8) is 0 Å². The van der Waals surface area contributed by atoms with E-state index in [2.05, 4.69) is 67.7 Å². The molecule has 0 bridgehead atoms. The highest BCUT2D eigenvalue weighted by Gasteiger charge is 2.27. The molecule has 178 valence electrons. The molecule has 1 saturated heterocycles. The van der Waals surface area contributed by atoms with Gasteiger partial charge in [-0.05, 0) is 59.7 Å². The molecule has 0 spiro atoms. The van der Waals surface area contributed by atoms with E-state index in [1.165, 1.54) is 11.1 Å². The average Bonchev–Trinajstić information content (AvgIpc) is 2.74. The van der Waals surface area contributed by atoms with Gasteiger partial charge in [-0.25, -0.2) is 0 Å². The third-order valence-electron chi connectivity index (χ3n) is 5.48. The topological polar surface area (TPSA) is 58.1 Å². The highest BCUT2D eigenvalue weighted by atomic mass is 127. The van der Waals surface area contributed by atoms with Gasteiger partial charge in [-0.1, -0.05) is 29.8 Å². The van der Waals surface area contributed by atoms with Crippen molar-refractivity contribution in [2.75, 3.05) is 53.5 Å². The monoisotopic (exact) mass is 546 g/mol. The Labute approximate surface area is 206 Å². The fourth-order valence-corrected chi connectivity index (χ4v) is 3.80. The Morgan fingerprint density at radius 3 is 2.61 bits per heavy atom. The predicted molar refractivity (Wildman–Crippen MR) is 141 cm³/mol. The van der Waals surface area contributed by atoms with Gasteiger partial charge in [0.15, 0.2) is 5.96 Å². The van der Waals surface area contributed by atoms with Crippen LogP contribution in [-0.2, 0) is 9.47 Å². The molecule has 0 aliphatic carbocycles. The number of benzene rings is 1. The molecule has 1 aliphatic heterocycles. The Hall–Kier alpha value is -0.900. The van der Waals surface area contributed by atoms with E-state index in [1.54, 1.807) is 0 Å². The van der Waals surface area contributed by atoms with Gasteiger partial charge in [0.1, 0.15) is 0 Å². The molecule has 6 nitrogen and oxygen atoms in total. The van der Waals surface area contributed by atoms with E-state index in [4.69, 9.17) is 14.5 Å². The lowest BCUT2D eigenvalue weighted by Gasteiger charge is -2.32. The molecule has 0 saturated carbocycles. The number of hydrogen-bond donors (Lipinski definition) is 2.